The maximum Gasteiger partial charge on any atom is 0.416 e. The molecule has 0 unspecified atom stereocenters. The van der Waals surface area contributed by atoms with E-state index in [1.165, 1.54) is 30.5 Å². The molecule has 0 spiro atoms. The predicted octanol–water partition coefficient (Wildman–Crippen LogP) is 4.73. The molecule has 1 fully saturated rings. The van der Waals surface area contributed by atoms with Crippen LogP contribution in [0.1, 0.15) is 39.8 Å². The predicted molar refractivity (Wildman–Crippen MR) is 121 cm³/mol. The number of methoxy groups -OCH3 is 1. The van der Waals surface area contributed by atoms with E-state index >= 15 is 0 Å². The minimum atomic E-state index is -4.62. The number of alkyl halides is 3. The summed E-state index contributed by atoms with van der Waals surface area (Å²) in [6.45, 7) is 2.02. The largest absolute Gasteiger partial charge is 0.416 e. The number of benzene rings is 2. The van der Waals surface area contributed by atoms with E-state index in [4.69, 9.17) is 16.3 Å². The lowest BCUT2D eigenvalue weighted by atomic mass is 10.1. The summed E-state index contributed by atoms with van der Waals surface area (Å²) in [7, 11) is 1.53. The molecule has 4 aromatic rings. The molecule has 5 rings (SSSR count). The number of likely N-dealkylation sites (tertiary alicyclic amines) is 1. The molecular formula is C23H20ClF3N6O2. The highest BCUT2D eigenvalue weighted by Crippen LogP contribution is 2.37. The molecule has 1 aliphatic heterocycles. The monoisotopic (exact) mass is 504 g/mol. The summed E-state index contributed by atoms with van der Waals surface area (Å²) in [6.07, 6.45) is -1.76. The minimum Gasteiger partial charge on any atom is -0.380 e. The van der Waals surface area contributed by atoms with Gasteiger partial charge in [-0.25, -0.2) is 4.98 Å². The Balaban J connectivity index is 1.60. The standard InChI is InChI=1S/C23H20ClF3N6O2/c1-12-16(24)4-5-17-20(12)31-21(30-17)19-10-14(35-2)11-32(19)22(34)15-9-13(23(25,26)27)3-6-18(15)33-28-7-8-29-33/h3-9,14,19H,10-11H2,1-2H3,(H,30,31)/t14-,19+/m1/s1. The molecule has 1 aliphatic rings. The maximum atomic E-state index is 13.8. The number of aryl methyl sites for hydroxylation is 1. The molecule has 1 N–H and O–H groups in total. The Labute approximate surface area is 202 Å². The number of fused-ring (bicyclic) bond motifs is 1. The Morgan fingerprint density at radius 2 is 1.94 bits per heavy atom. The number of hydrogen-bond donors (Lipinski definition) is 1. The molecule has 8 nitrogen and oxygen atoms in total. The summed E-state index contributed by atoms with van der Waals surface area (Å²) in [6, 6.07) is 5.93. The molecule has 0 bridgehead atoms. The summed E-state index contributed by atoms with van der Waals surface area (Å²) in [5.41, 5.74) is 1.23. The van der Waals surface area contributed by atoms with Crippen LogP contribution in [0.5, 0.6) is 0 Å². The fourth-order valence-electron chi connectivity index (χ4n) is 4.37. The number of aromatic amines is 1. The number of rotatable bonds is 4. The summed E-state index contributed by atoms with van der Waals surface area (Å²) >= 11 is 6.23. The van der Waals surface area contributed by atoms with E-state index in [0.717, 1.165) is 28.0 Å². The van der Waals surface area contributed by atoms with Gasteiger partial charge in [0.25, 0.3) is 5.91 Å². The molecule has 35 heavy (non-hydrogen) atoms. The van der Waals surface area contributed by atoms with E-state index in [-0.39, 0.29) is 23.9 Å². The summed E-state index contributed by atoms with van der Waals surface area (Å²) in [5.74, 6) is -0.104. The van der Waals surface area contributed by atoms with Gasteiger partial charge in [0.05, 0.1) is 52.4 Å². The molecule has 2 atom stereocenters. The lowest BCUT2D eigenvalue weighted by Crippen LogP contribution is -2.33. The van der Waals surface area contributed by atoms with Crippen molar-refractivity contribution in [3.63, 3.8) is 0 Å². The number of aromatic nitrogens is 5. The highest BCUT2D eigenvalue weighted by molar-refractivity contribution is 6.32. The first kappa shape index (κ1) is 23.3. The Morgan fingerprint density at radius 1 is 1.20 bits per heavy atom. The first-order valence-corrected chi connectivity index (χ1v) is 11.1. The number of H-pyrrole nitrogens is 1. The van der Waals surface area contributed by atoms with E-state index in [2.05, 4.69) is 20.2 Å². The average Bonchev–Trinajstić information content (AvgIpc) is 3.59. The van der Waals surface area contributed by atoms with Gasteiger partial charge in [-0.3, -0.25) is 4.79 Å². The van der Waals surface area contributed by atoms with Crippen LogP contribution in [-0.2, 0) is 10.9 Å². The van der Waals surface area contributed by atoms with Crippen molar-refractivity contribution in [2.45, 2.75) is 31.7 Å². The third kappa shape index (κ3) is 4.14. The molecule has 182 valence electrons. The highest BCUT2D eigenvalue weighted by atomic mass is 35.5. The fraction of sp³-hybridized carbons (Fsp3) is 0.304. The van der Waals surface area contributed by atoms with Gasteiger partial charge >= 0.3 is 6.18 Å². The van der Waals surface area contributed by atoms with Gasteiger partial charge in [-0.15, -0.1) is 0 Å². The molecule has 0 radical (unpaired) electrons. The zero-order chi connectivity index (χ0) is 24.9. The molecule has 3 heterocycles. The number of imidazole rings is 1. The van der Waals surface area contributed by atoms with Crippen molar-refractivity contribution in [2.24, 2.45) is 0 Å². The van der Waals surface area contributed by atoms with Gasteiger partial charge in [0.2, 0.25) is 0 Å². The van der Waals surface area contributed by atoms with Crippen LogP contribution < -0.4 is 0 Å². The first-order valence-electron chi connectivity index (χ1n) is 10.7. The van der Waals surface area contributed by atoms with Gasteiger partial charge in [-0.2, -0.15) is 28.2 Å². The van der Waals surface area contributed by atoms with Crippen molar-refractivity contribution in [1.82, 2.24) is 29.9 Å². The fourth-order valence-corrected chi connectivity index (χ4v) is 4.52. The number of nitrogens with zero attached hydrogens (tertiary/aromatic N) is 5. The van der Waals surface area contributed by atoms with E-state index in [1.54, 1.807) is 12.1 Å². The van der Waals surface area contributed by atoms with Crippen LogP contribution in [-0.4, -0.2) is 55.5 Å². The number of carbonyl (C=O) groups excluding carboxylic acids is 1. The summed E-state index contributed by atoms with van der Waals surface area (Å²) in [5, 5.41) is 8.56. The molecule has 2 aromatic heterocycles. The topological polar surface area (TPSA) is 88.9 Å². The van der Waals surface area contributed by atoms with E-state index in [9.17, 15) is 18.0 Å². The number of amides is 1. The maximum absolute atomic E-state index is 13.8. The molecular weight excluding hydrogens is 485 g/mol. The normalized spacial score (nSPS) is 18.5. The van der Waals surface area contributed by atoms with Crippen LogP contribution in [0.4, 0.5) is 13.2 Å². The number of nitrogens with one attached hydrogen (secondary N) is 1. The summed E-state index contributed by atoms with van der Waals surface area (Å²) in [4.78, 5) is 24.3. The number of ether oxygens (including phenoxy) is 1. The van der Waals surface area contributed by atoms with E-state index in [0.29, 0.717) is 22.8 Å². The smallest absolute Gasteiger partial charge is 0.380 e. The van der Waals surface area contributed by atoms with Crippen LogP contribution in [0.25, 0.3) is 16.7 Å². The number of carbonyl (C=O) groups is 1. The molecule has 0 aliphatic carbocycles. The second-order valence-corrected chi connectivity index (χ2v) is 8.71. The third-order valence-corrected chi connectivity index (χ3v) is 6.63. The van der Waals surface area contributed by atoms with E-state index < -0.39 is 23.7 Å². The second-order valence-electron chi connectivity index (χ2n) is 8.31. The van der Waals surface area contributed by atoms with Gasteiger partial charge in [-0.1, -0.05) is 11.6 Å². The van der Waals surface area contributed by atoms with Crippen molar-refractivity contribution >= 4 is 28.5 Å². The van der Waals surface area contributed by atoms with Crippen molar-refractivity contribution in [3.05, 3.63) is 70.3 Å². The highest BCUT2D eigenvalue weighted by Gasteiger charge is 2.40. The van der Waals surface area contributed by atoms with Gasteiger partial charge in [0.1, 0.15) is 5.82 Å². The third-order valence-electron chi connectivity index (χ3n) is 6.22. The second kappa shape index (κ2) is 8.65. The van der Waals surface area contributed by atoms with Gasteiger partial charge in [0, 0.05) is 25.1 Å². The average molecular weight is 505 g/mol. The van der Waals surface area contributed by atoms with Gasteiger partial charge < -0.3 is 14.6 Å². The van der Waals surface area contributed by atoms with Crippen LogP contribution in [0.3, 0.4) is 0 Å². The quantitative estimate of drug-likeness (QED) is 0.434. The van der Waals surface area contributed by atoms with Crippen LogP contribution in [0, 0.1) is 6.92 Å². The van der Waals surface area contributed by atoms with E-state index in [1.807, 2.05) is 6.92 Å². The molecule has 0 saturated carbocycles. The van der Waals surface area contributed by atoms with Gasteiger partial charge in [-0.05, 0) is 42.8 Å². The van der Waals surface area contributed by atoms with Crippen molar-refractivity contribution in [1.29, 1.82) is 0 Å². The lowest BCUT2D eigenvalue weighted by Gasteiger charge is -2.24. The zero-order valence-corrected chi connectivity index (χ0v) is 19.4. The van der Waals surface area contributed by atoms with Crippen LogP contribution >= 0.6 is 11.6 Å². The molecule has 1 amide bonds. The van der Waals surface area contributed by atoms with Gasteiger partial charge in [0.15, 0.2) is 0 Å². The van der Waals surface area contributed by atoms with Crippen LogP contribution in [0.2, 0.25) is 5.02 Å². The number of hydrogen-bond acceptors (Lipinski definition) is 5. The molecule has 1 saturated heterocycles. The molecule has 12 heteroatoms. The first-order chi connectivity index (χ1) is 16.7. The van der Waals surface area contributed by atoms with Crippen molar-refractivity contribution in [2.75, 3.05) is 13.7 Å². The Bertz CT molecular complexity index is 1400. The lowest BCUT2D eigenvalue weighted by molar-refractivity contribution is -0.137. The number of halogens is 4. The molecule has 2 aromatic carbocycles. The van der Waals surface area contributed by atoms with Crippen LogP contribution in [0.15, 0.2) is 42.7 Å². The zero-order valence-electron chi connectivity index (χ0n) is 18.7. The van der Waals surface area contributed by atoms with Crippen molar-refractivity contribution in [3.8, 4) is 5.69 Å². The Morgan fingerprint density at radius 3 is 2.63 bits per heavy atom. The minimum absolute atomic E-state index is 0.139. The van der Waals surface area contributed by atoms with Crippen molar-refractivity contribution < 1.29 is 22.7 Å². The SMILES string of the molecule is CO[C@@H]1C[C@@H](c2nc3c(C)c(Cl)ccc3[nH]2)N(C(=O)c2cc(C(F)(F)F)ccc2-n2nccn2)C1. The Kier molecular flexibility index (Phi) is 5.76. The summed E-state index contributed by atoms with van der Waals surface area (Å²) < 4.78 is 46.1. The Hall–Kier alpha value is -3.44.